The highest BCUT2D eigenvalue weighted by Crippen LogP contribution is 1.87. The van der Waals surface area contributed by atoms with Gasteiger partial charge in [0.05, 0.1) is 6.26 Å². The summed E-state index contributed by atoms with van der Waals surface area (Å²) in [6.07, 6.45) is 6.34. The number of hydrogen-bond acceptors (Lipinski definition) is 2. The largest absolute Gasteiger partial charge is 0.479 e. The number of aliphatic imine (C=N–C) groups is 1. The summed E-state index contributed by atoms with van der Waals surface area (Å²) in [7, 11) is 0. The van der Waals surface area contributed by atoms with Gasteiger partial charge in [-0.05, 0) is 6.08 Å². The van der Waals surface area contributed by atoms with Crippen LogP contribution in [0.5, 0.6) is 0 Å². The molecule has 0 aromatic rings. The van der Waals surface area contributed by atoms with Crippen LogP contribution in [0.25, 0.3) is 0 Å². The number of ether oxygens (including phenoxy) is 1. The lowest BCUT2D eigenvalue weighted by molar-refractivity contribution is 0.263. The lowest BCUT2D eigenvalue weighted by Crippen LogP contribution is -1.76. The van der Waals surface area contributed by atoms with Gasteiger partial charge in [-0.25, -0.2) is 0 Å². The highest BCUT2D eigenvalue weighted by molar-refractivity contribution is 5.59. The number of allylic oxidation sites excluding steroid dienone is 1. The summed E-state index contributed by atoms with van der Waals surface area (Å²) in [6.45, 7) is 0.483. The van der Waals surface area contributed by atoms with Gasteiger partial charge in [-0.2, -0.15) is 0 Å². The Morgan fingerprint density at radius 3 is 3.57 bits per heavy atom. The molecular weight excluding hydrogens is 90.1 g/mol. The molecule has 0 saturated heterocycles. The van der Waals surface area contributed by atoms with E-state index in [0.717, 1.165) is 6.42 Å². The van der Waals surface area contributed by atoms with Gasteiger partial charge in [-0.1, -0.05) is 0 Å². The van der Waals surface area contributed by atoms with Gasteiger partial charge in [0.15, 0.2) is 6.73 Å². The minimum Gasteiger partial charge on any atom is -0.479 e. The third-order valence-electron chi connectivity index (χ3n) is 0.712. The van der Waals surface area contributed by atoms with Crippen molar-refractivity contribution in [1.82, 2.24) is 0 Å². The van der Waals surface area contributed by atoms with Crippen molar-refractivity contribution in [3.8, 4) is 0 Å². The lowest BCUT2D eigenvalue weighted by Gasteiger charge is -1.86. The monoisotopic (exact) mass is 97.1 g/mol. The van der Waals surface area contributed by atoms with E-state index in [-0.39, 0.29) is 0 Å². The van der Waals surface area contributed by atoms with Gasteiger partial charge in [-0.15, -0.1) is 0 Å². The Labute approximate surface area is 42.5 Å². The summed E-state index contributed by atoms with van der Waals surface area (Å²) in [5, 5.41) is 0. The number of rotatable bonds is 0. The van der Waals surface area contributed by atoms with Crippen LogP contribution in [0.15, 0.2) is 17.3 Å². The SMILES string of the molecule is C1=COCN=CC1. The van der Waals surface area contributed by atoms with Gasteiger partial charge < -0.3 is 4.74 Å². The molecule has 0 bridgehead atoms. The van der Waals surface area contributed by atoms with E-state index < -0.39 is 0 Å². The summed E-state index contributed by atoms with van der Waals surface area (Å²) in [5.41, 5.74) is 0. The first kappa shape index (κ1) is 4.37. The molecule has 0 atom stereocenters. The molecule has 2 nitrogen and oxygen atoms in total. The van der Waals surface area contributed by atoms with E-state index in [9.17, 15) is 0 Å². The fraction of sp³-hybridized carbons (Fsp3) is 0.400. The quantitative estimate of drug-likeness (QED) is 0.441. The van der Waals surface area contributed by atoms with Gasteiger partial charge in [0.25, 0.3) is 0 Å². The van der Waals surface area contributed by atoms with E-state index in [1.807, 2.05) is 12.3 Å². The van der Waals surface area contributed by atoms with Crippen molar-refractivity contribution in [3.05, 3.63) is 12.3 Å². The predicted octanol–water partition coefficient (Wildman–Crippen LogP) is 0.949. The molecule has 0 aromatic carbocycles. The van der Waals surface area contributed by atoms with Crippen LogP contribution in [0, 0.1) is 0 Å². The second-order valence-corrected chi connectivity index (χ2v) is 1.27. The average molecular weight is 97.1 g/mol. The van der Waals surface area contributed by atoms with Crippen LogP contribution < -0.4 is 0 Å². The van der Waals surface area contributed by atoms with Crippen molar-refractivity contribution < 1.29 is 4.74 Å². The van der Waals surface area contributed by atoms with Crippen molar-refractivity contribution in [3.63, 3.8) is 0 Å². The normalized spacial score (nSPS) is 18.3. The van der Waals surface area contributed by atoms with Crippen molar-refractivity contribution in [1.29, 1.82) is 0 Å². The van der Waals surface area contributed by atoms with Gasteiger partial charge in [0.1, 0.15) is 0 Å². The number of nitrogens with zero attached hydrogens (tertiary/aromatic N) is 1. The molecule has 1 heterocycles. The van der Waals surface area contributed by atoms with E-state index in [1.165, 1.54) is 0 Å². The molecule has 38 valence electrons. The maximum Gasteiger partial charge on any atom is 0.177 e. The van der Waals surface area contributed by atoms with Crippen molar-refractivity contribution in [2.45, 2.75) is 6.42 Å². The van der Waals surface area contributed by atoms with Crippen LogP contribution in [0.1, 0.15) is 6.42 Å². The third kappa shape index (κ3) is 1.39. The molecule has 7 heavy (non-hydrogen) atoms. The van der Waals surface area contributed by atoms with Gasteiger partial charge in [0.2, 0.25) is 0 Å². The Balaban J connectivity index is 2.38. The van der Waals surface area contributed by atoms with Crippen molar-refractivity contribution in [2.75, 3.05) is 6.73 Å². The smallest absolute Gasteiger partial charge is 0.177 e. The molecule has 0 saturated carbocycles. The lowest BCUT2D eigenvalue weighted by atomic mass is 10.5. The third-order valence-corrected chi connectivity index (χ3v) is 0.712. The summed E-state index contributed by atoms with van der Waals surface area (Å²) < 4.78 is 4.82. The minimum atomic E-state index is 0.483. The molecule has 0 unspecified atom stereocenters. The van der Waals surface area contributed by atoms with Crippen molar-refractivity contribution in [2.24, 2.45) is 4.99 Å². The zero-order valence-corrected chi connectivity index (χ0v) is 4.00. The van der Waals surface area contributed by atoms with Crippen LogP contribution in [-0.2, 0) is 4.74 Å². The Morgan fingerprint density at radius 1 is 1.57 bits per heavy atom. The molecule has 0 amide bonds. The van der Waals surface area contributed by atoms with Crippen molar-refractivity contribution >= 4 is 6.21 Å². The van der Waals surface area contributed by atoms with Gasteiger partial charge >= 0.3 is 0 Å². The average Bonchev–Trinajstić information content (AvgIpc) is 1.90. The molecule has 0 N–H and O–H groups in total. The maximum absolute atomic E-state index is 4.82. The summed E-state index contributed by atoms with van der Waals surface area (Å²) >= 11 is 0. The minimum absolute atomic E-state index is 0.483. The molecule has 2 heteroatoms. The molecule has 1 aliphatic rings. The maximum atomic E-state index is 4.82. The van der Waals surface area contributed by atoms with E-state index >= 15 is 0 Å². The summed E-state index contributed by atoms with van der Waals surface area (Å²) in [4.78, 5) is 3.86. The first-order valence-electron chi connectivity index (χ1n) is 2.25. The zero-order chi connectivity index (χ0) is 4.95. The molecule has 0 fully saturated rings. The van der Waals surface area contributed by atoms with Crippen LogP contribution in [0.3, 0.4) is 0 Å². The van der Waals surface area contributed by atoms with Crippen LogP contribution in [0.4, 0.5) is 0 Å². The molecule has 1 rings (SSSR count). The molecule has 0 radical (unpaired) electrons. The second kappa shape index (κ2) is 2.39. The van der Waals surface area contributed by atoms with Crippen LogP contribution >= 0.6 is 0 Å². The molecule has 1 aliphatic heterocycles. The predicted molar refractivity (Wildman–Crippen MR) is 28.2 cm³/mol. The Kier molecular flexibility index (Phi) is 1.50. The van der Waals surface area contributed by atoms with Gasteiger partial charge in [0, 0.05) is 12.6 Å². The Hall–Kier alpha value is -0.790. The fourth-order valence-corrected chi connectivity index (χ4v) is 0.398. The molecular formula is C5H7NO. The van der Waals surface area contributed by atoms with E-state index in [2.05, 4.69) is 4.99 Å². The first-order valence-corrected chi connectivity index (χ1v) is 2.25. The first-order chi connectivity index (χ1) is 3.50. The Morgan fingerprint density at radius 2 is 2.57 bits per heavy atom. The molecule has 0 aliphatic carbocycles. The highest BCUT2D eigenvalue weighted by Gasteiger charge is 1.78. The topological polar surface area (TPSA) is 21.6 Å². The Bertz CT molecular complexity index is 84.3. The standard InChI is InChI=1S/C5H7NO/c1-2-4-7-5-6-3-1/h2-4H,1,5H2. The van der Waals surface area contributed by atoms with Crippen LogP contribution in [-0.4, -0.2) is 12.9 Å². The number of hydrogen-bond donors (Lipinski definition) is 0. The molecule has 0 spiro atoms. The summed E-state index contributed by atoms with van der Waals surface area (Å²) in [5.74, 6) is 0. The summed E-state index contributed by atoms with van der Waals surface area (Å²) in [6, 6.07) is 0. The second-order valence-electron chi connectivity index (χ2n) is 1.27. The zero-order valence-electron chi connectivity index (χ0n) is 4.00. The molecule has 0 aromatic heterocycles. The van der Waals surface area contributed by atoms with Gasteiger partial charge in [-0.3, -0.25) is 4.99 Å². The van der Waals surface area contributed by atoms with E-state index in [1.54, 1.807) is 6.26 Å². The van der Waals surface area contributed by atoms with E-state index in [0.29, 0.717) is 6.73 Å². The van der Waals surface area contributed by atoms with E-state index in [4.69, 9.17) is 4.74 Å². The van der Waals surface area contributed by atoms with Crippen LogP contribution in [0.2, 0.25) is 0 Å². The fourth-order valence-electron chi connectivity index (χ4n) is 0.398. The highest BCUT2D eigenvalue weighted by atomic mass is 16.5.